The molecule has 14 heavy (non-hydrogen) atoms. The first-order chi connectivity index (χ1) is 6.35. The molecule has 0 spiro atoms. The highest BCUT2D eigenvalue weighted by atomic mass is 16.1. The van der Waals surface area contributed by atoms with Crippen LogP contribution in [0.1, 0.15) is 34.1 Å². The number of amides is 1. The minimum Gasteiger partial charge on any atom is -0.351 e. The molecule has 4 N–H and O–H groups in total. The fourth-order valence-electron chi connectivity index (χ4n) is 0.996. The molecule has 0 aromatic heterocycles. The van der Waals surface area contributed by atoms with E-state index in [1.165, 1.54) is 0 Å². The molecule has 0 saturated carbocycles. The van der Waals surface area contributed by atoms with Crippen molar-refractivity contribution in [2.24, 2.45) is 5.73 Å². The van der Waals surface area contributed by atoms with Gasteiger partial charge >= 0.3 is 0 Å². The van der Waals surface area contributed by atoms with Gasteiger partial charge in [0, 0.05) is 31.1 Å². The van der Waals surface area contributed by atoms with Gasteiger partial charge in [-0.2, -0.15) is 0 Å². The van der Waals surface area contributed by atoms with Crippen LogP contribution < -0.4 is 16.4 Å². The summed E-state index contributed by atoms with van der Waals surface area (Å²) in [5, 5.41) is 6.06. The highest BCUT2D eigenvalue weighted by molar-refractivity contribution is 5.76. The SMILES string of the molecule is CC(CN)NCCC(=O)NC(C)(C)C. The van der Waals surface area contributed by atoms with Crippen LogP contribution in [0.2, 0.25) is 0 Å². The molecule has 0 aliphatic rings. The molecule has 0 aliphatic heterocycles. The molecule has 4 heteroatoms. The lowest BCUT2D eigenvalue weighted by molar-refractivity contribution is -0.122. The van der Waals surface area contributed by atoms with Crippen molar-refractivity contribution in [3.05, 3.63) is 0 Å². The molecule has 0 heterocycles. The summed E-state index contributed by atoms with van der Waals surface area (Å²) in [7, 11) is 0. The Morgan fingerprint density at radius 1 is 1.43 bits per heavy atom. The van der Waals surface area contributed by atoms with Crippen molar-refractivity contribution in [2.45, 2.75) is 45.7 Å². The molecule has 1 amide bonds. The van der Waals surface area contributed by atoms with E-state index in [-0.39, 0.29) is 17.5 Å². The molecule has 0 bridgehead atoms. The zero-order chi connectivity index (χ0) is 11.2. The molecule has 0 rings (SSSR count). The van der Waals surface area contributed by atoms with E-state index >= 15 is 0 Å². The average molecular weight is 201 g/mol. The van der Waals surface area contributed by atoms with Crippen LogP contribution in [0.3, 0.4) is 0 Å². The third-order valence-corrected chi connectivity index (χ3v) is 1.71. The molecule has 0 aromatic rings. The molecule has 0 aromatic carbocycles. The van der Waals surface area contributed by atoms with E-state index < -0.39 is 0 Å². The Kier molecular flexibility index (Phi) is 5.72. The van der Waals surface area contributed by atoms with Crippen LogP contribution in [0.5, 0.6) is 0 Å². The van der Waals surface area contributed by atoms with E-state index in [1.54, 1.807) is 0 Å². The molecule has 0 fully saturated rings. The van der Waals surface area contributed by atoms with Crippen LogP contribution in [0.15, 0.2) is 0 Å². The second-order valence-electron chi connectivity index (χ2n) is 4.64. The summed E-state index contributed by atoms with van der Waals surface area (Å²) in [6.45, 7) is 9.20. The fourth-order valence-corrected chi connectivity index (χ4v) is 0.996. The van der Waals surface area contributed by atoms with Crippen LogP contribution in [0.25, 0.3) is 0 Å². The maximum absolute atomic E-state index is 11.3. The molecule has 84 valence electrons. The number of nitrogens with two attached hydrogens (primary N) is 1. The topological polar surface area (TPSA) is 67.1 Å². The summed E-state index contributed by atoms with van der Waals surface area (Å²) in [4.78, 5) is 11.3. The van der Waals surface area contributed by atoms with Crippen molar-refractivity contribution < 1.29 is 4.79 Å². The Morgan fingerprint density at radius 2 is 2.00 bits per heavy atom. The molecule has 1 atom stereocenters. The first kappa shape index (κ1) is 13.4. The summed E-state index contributed by atoms with van der Waals surface area (Å²) in [5.74, 6) is 0.0780. The van der Waals surface area contributed by atoms with Gasteiger partial charge in [-0.15, -0.1) is 0 Å². The van der Waals surface area contributed by atoms with Gasteiger partial charge in [-0.25, -0.2) is 0 Å². The minimum atomic E-state index is -0.142. The van der Waals surface area contributed by atoms with Gasteiger partial charge in [0.1, 0.15) is 0 Å². The predicted molar refractivity (Wildman–Crippen MR) is 59.0 cm³/mol. The van der Waals surface area contributed by atoms with Crippen molar-refractivity contribution in [3.8, 4) is 0 Å². The Labute approximate surface area is 86.6 Å². The van der Waals surface area contributed by atoms with E-state index in [2.05, 4.69) is 10.6 Å². The standard InChI is InChI=1S/C10H23N3O/c1-8(7-11)12-6-5-9(14)13-10(2,3)4/h8,12H,5-7,11H2,1-4H3,(H,13,14). The van der Waals surface area contributed by atoms with E-state index in [1.807, 2.05) is 27.7 Å². The van der Waals surface area contributed by atoms with Crippen LogP contribution >= 0.6 is 0 Å². The molecule has 4 nitrogen and oxygen atoms in total. The predicted octanol–water partition coefficient (Wildman–Crippen LogP) is 0.228. The minimum absolute atomic E-state index is 0.0780. The molecule has 0 aliphatic carbocycles. The Morgan fingerprint density at radius 3 is 2.43 bits per heavy atom. The summed E-state index contributed by atoms with van der Waals surface area (Å²) in [5.41, 5.74) is 5.29. The van der Waals surface area contributed by atoms with Gasteiger partial charge in [-0.3, -0.25) is 4.79 Å². The largest absolute Gasteiger partial charge is 0.351 e. The van der Waals surface area contributed by atoms with Gasteiger partial charge in [-0.1, -0.05) is 0 Å². The molecule has 0 radical (unpaired) electrons. The van der Waals surface area contributed by atoms with Crippen molar-refractivity contribution in [1.29, 1.82) is 0 Å². The van der Waals surface area contributed by atoms with Gasteiger partial charge in [0.25, 0.3) is 0 Å². The van der Waals surface area contributed by atoms with Gasteiger partial charge in [0.15, 0.2) is 0 Å². The van der Waals surface area contributed by atoms with Crippen LogP contribution in [-0.4, -0.2) is 30.6 Å². The number of hydrogen-bond donors (Lipinski definition) is 3. The second kappa shape index (κ2) is 5.98. The number of nitrogens with one attached hydrogen (secondary N) is 2. The molecular formula is C10H23N3O. The van der Waals surface area contributed by atoms with Gasteiger partial charge in [0.2, 0.25) is 5.91 Å². The lowest BCUT2D eigenvalue weighted by Gasteiger charge is -2.20. The number of carbonyl (C=O) groups is 1. The zero-order valence-corrected chi connectivity index (χ0v) is 9.68. The monoisotopic (exact) mass is 201 g/mol. The summed E-state index contributed by atoms with van der Waals surface area (Å²) < 4.78 is 0. The summed E-state index contributed by atoms with van der Waals surface area (Å²) >= 11 is 0. The van der Waals surface area contributed by atoms with Gasteiger partial charge in [-0.05, 0) is 27.7 Å². The van der Waals surface area contributed by atoms with Gasteiger partial charge < -0.3 is 16.4 Å². The van der Waals surface area contributed by atoms with Crippen LogP contribution in [0.4, 0.5) is 0 Å². The average Bonchev–Trinajstić information content (AvgIpc) is 2.00. The van der Waals surface area contributed by atoms with Gasteiger partial charge in [0.05, 0.1) is 0 Å². The number of carbonyl (C=O) groups excluding carboxylic acids is 1. The lowest BCUT2D eigenvalue weighted by atomic mass is 10.1. The number of rotatable bonds is 5. The van der Waals surface area contributed by atoms with Crippen LogP contribution in [0, 0.1) is 0 Å². The zero-order valence-electron chi connectivity index (χ0n) is 9.68. The highest BCUT2D eigenvalue weighted by Gasteiger charge is 2.12. The van der Waals surface area contributed by atoms with E-state index in [0.29, 0.717) is 19.5 Å². The maximum atomic E-state index is 11.3. The van der Waals surface area contributed by atoms with E-state index in [4.69, 9.17) is 5.73 Å². The number of hydrogen-bond acceptors (Lipinski definition) is 3. The van der Waals surface area contributed by atoms with Crippen molar-refractivity contribution >= 4 is 5.91 Å². The Bertz CT molecular complexity index is 175. The van der Waals surface area contributed by atoms with Crippen molar-refractivity contribution in [2.75, 3.05) is 13.1 Å². The Balaban J connectivity index is 3.55. The van der Waals surface area contributed by atoms with Crippen LogP contribution in [-0.2, 0) is 4.79 Å². The van der Waals surface area contributed by atoms with Crippen molar-refractivity contribution in [1.82, 2.24) is 10.6 Å². The normalized spacial score (nSPS) is 13.8. The molecule has 0 saturated heterocycles. The maximum Gasteiger partial charge on any atom is 0.221 e. The lowest BCUT2D eigenvalue weighted by Crippen LogP contribution is -2.42. The first-order valence-corrected chi connectivity index (χ1v) is 5.09. The van der Waals surface area contributed by atoms with Crippen molar-refractivity contribution in [3.63, 3.8) is 0 Å². The third kappa shape index (κ3) is 8.01. The van der Waals surface area contributed by atoms with E-state index in [0.717, 1.165) is 0 Å². The summed E-state index contributed by atoms with van der Waals surface area (Å²) in [6, 6.07) is 0.275. The third-order valence-electron chi connectivity index (χ3n) is 1.71. The molecule has 1 unspecified atom stereocenters. The summed E-state index contributed by atoms with van der Waals surface area (Å²) in [6.07, 6.45) is 0.502. The fraction of sp³-hybridized carbons (Fsp3) is 0.900. The van der Waals surface area contributed by atoms with E-state index in [9.17, 15) is 4.79 Å². The molecular weight excluding hydrogens is 178 g/mol. The Hall–Kier alpha value is -0.610. The quantitative estimate of drug-likeness (QED) is 0.596. The smallest absolute Gasteiger partial charge is 0.221 e. The second-order valence-corrected chi connectivity index (χ2v) is 4.64. The highest BCUT2D eigenvalue weighted by Crippen LogP contribution is 1.98. The first-order valence-electron chi connectivity index (χ1n) is 5.09.